The molecule has 0 saturated heterocycles. The van der Waals surface area contributed by atoms with Gasteiger partial charge in [-0.3, -0.25) is 19.4 Å². The van der Waals surface area contributed by atoms with Gasteiger partial charge in [-0.05, 0) is 42.7 Å². The maximum atomic E-state index is 13.7. The number of aliphatic carboxylic acids is 1. The molecule has 1 aromatic carbocycles. The molecule has 2 rings (SSSR count). The molecule has 0 bridgehead atoms. The number of carbonyl (C=O) groups is 4. The number of rotatable bonds is 17. The number of para-hydroxylation sites is 1. The second-order valence-corrected chi connectivity index (χ2v) is 11.1. The van der Waals surface area contributed by atoms with Crippen molar-refractivity contribution in [1.82, 2.24) is 20.9 Å². The summed E-state index contributed by atoms with van der Waals surface area (Å²) in [6.45, 7) is 7.69. The third-order valence-electron chi connectivity index (χ3n) is 7.15. The van der Waals surface area contributed by atoms with Gasteiger partial charge < -0.3 is 43.2 Å². The SMILES string of the molecule is CCC(C)C(NC(=O)C(Cc1c[nH]c2ccccc12)NC(=O)C(N)CCCN=C(N)N)C(=O)NC(CC(C)C)C(=O)O. The van der Waals surface area contributed by atoms with Crippen LogP contribution in [0.2, 0.25) is 0 Å². The quantitative estimate of drug-likeness (QED) is 0.0746. The van der Waals surface area contributed by atoms with Gasteiger partial charge in [-0.2, -0.15) is 0 Å². The molecule has 0 aliphatic heterocycles. The number of carboxylic acids is 1. The van der Waals surface area contributed by atoms with Gasteiger partial charge in [-0.25, -0.2) is 4.79 Å². The lowest BCUT2D eigenvalue weighted by atomic mass is 9.96. The number of nitrogens with zero attached hydrogens (tertiary/aromatic N) is 1. The van der Waals surface area contributed by atoms with Crippen molar-refractivity contribution in [1.29, 1.82) is 0 Å². The lowest BCUT2D eigenvalue weighted by Crippen LogP contribution is -2.59. The van der Waals surface area contributed by atoms with Crippen molar-refractivity contribution in [3.05, 3.63) is 36.0 Å². The molecule has 11 N–H and O–H groups in total. The molecule has 1 aromatic heterocycles. The second-order valence-electron chi connectivity index (χ2n) is 11.1. The van der Waals surface area contributed by atoms with Crippen LogP contribution in [-0.2, 0) is 25.6 Å². The average molecular weight is 587 g/mol. The highest BCUT2D eigenvalue weighted by Crippen LogP contribution is 2.20. The van der Waals surface area contributed by atoms with E-state index in [2.05, 4.69) is 25.9 Å². The summed E-state index contributed by atoms with van der Waals surface area (Å²) in [6, 6.07) is 3.46. The Morgan fingerprint density at radius 2 is 1.64 bits per heavy atom. The molecule has 0 aliphatic carbocycles. The van der Waals surface area contributed by atoms with Crippen LogP contribution in [0.15, 0.2) is 35.5 Å². The number of amides is 3. The summed E-state index contributed by atoms with van der Waals surface area (Å²) in [5.41, 5.74) is 18.4. The summed E-state index contributed by atoms with van der Waals surface area (Å²) in [7, 11) is 0. The Morgan fingerprint density at radius 3 is 2.26 bits per heavy atom. The molecule has 13 nitrogen and oxygen atoms in total. The molecular weight excluding hydrogens is 540 g/mol. The number of nitrogens with one attached hydrogen (secondary N) is 4. The van der Waals surface area contributed by atoms with Crippen LogP contribution in [0.3, 0.4) is 0 Å². The smallest absolute Gasteiger partial charge is 0.326 e. The largest absolute Gasteiger partial charge is 0.480 e. The fourth-order valence-corrected chi connectivity index (χ4v) is 4.57. The van der Waals surface area contributed by atoms with E-state index in [4.69, 9.17) is 17.2 Å². The normalized spacial score (nSPS) is 14.8. The number of aromatic nitrogens is 1. The van der Waals surface area contributed by atoms with Crippen LogP contribution in [-0.4, -0.2) is 70.5 Å². The maximum absolute atomic E-state index is 13.7. The molecule has 0 fully saturated rings. The first kappa shape index (κ1) is 34.1. The standard InChI is InChI=1S/C29H46N8O5/c1-5-17(4)24(27(40)36-23(28(41)42)13-16(2)3)37-26(39)22(14-18-15-34-21-11-7-6-9-19(18)21)35-25(38)20(30)10-8-12-33-29(31)32/h6-7,9,11,15-17,20,22-24,34H,5,8,10,12-14,30H2,1-4H3,(H,35,38)(H,36,40)(H,37,39)(H,41,42)(H4,31,32,33). The topological polar surface area (TPSA) is 231 Å². The summed E-state index contributed by atoms with van der Waals surface area (Å²) < 4.78 is 0. The zero-order valence-corrected chi connectivity index (χ0v) is 24.9. The van der Waals surface area contributed by atoms with Gasteiger partial charge in [0.1, 0.15) is 18.1 Å². The number of aromatic amines is 1. The van der Waals surface area contributed by atoms with E-state index in [0.717, 1.165) is 16.5 Å². The van der Waals surface area contributed by atoms with E-state index in [-0.39, 0.29) is 37.1 Å². The molecule has 1 heterocycles. The summed E-state index contributed by atoms with van der Waals surface area (Å²) in [5, 5.41) is 18.6. The van der Waals surface area contributed by atoms with Crippen LogP contribution >= 0.6 is 0 Å². The van der Waals surface area contributed by atoms with Crippen LogP contribution in [0, 0.1) is 11.8 Å². The van der Waals surface area contributed by atoms with Crippen LogP contribution in [0.4, 0.5) is 0 Å². The first-order chi connectivity index (χ1) is 19.8. The van der Waals surface area contributed by atoms with Gasteiger partial charge in [0, 0.05) is 30.1 Å². The summed E-state index contributed by atoms with van der Waals surface area (Å²) in [6.07, 6.45) is 3.43. The first-order valence-electron chi connectivity index (χ1n) is 14.3. The molecular formula is C29H46N8O5. The van der Waals surface area contributed by atoms with Gasteiger partial charge in [0.15, 0.2) is 5.96 Å². The molecule has 13 heteroatoms. The Bertz CT molecular complexity index is 1240. The predicted molar refractivity (Wildman–Crippen MR) is 162 cm³/mol. The molecule has 0 spiro atoms. The molecule has 3 amide bonds. The Labute approximate surface area is 246 Å². The van der Waals surface area contributed by atoms with Crippen molar-refractivity contribution in [3.63, 3.8) is 0 Å². The van der Waals surface area contributed by atoms with E-state index in [1.807, 2.05) is 45.0 Å². The zero-order valence-electron chi connectivity index (χ0n) is 24.9. The number of fused-ring (bicyclic) bond motifs is 1. The van der Waals surface area contributed by atoms with Crippen molar-refractivity contribution >= 4 is 40.6 Å². The van der Waals surface area contributed by atoms with Crippen LogP contribution in [0.5, 0.6) is 0 Å². The average Bonchev–Trinajstić information content (AvgIpc) is 3.34. The third-order valence-corrected chi connectivity index (χ3v) is 7.15. The number of H-pyrrole nitrogens is 1. The lowest BCUT2D eigenvalue weighted by Gasteiger charge is -2.28. The Balaban J connectivity index is 2.28. The van der Waals surface area contributed by atoms with Crippen LogP contribution < -0.4 is 33.2 Å². The Morgan fingerprint density at radius 1 is 0.976 bits per heavy atom. The highest BCUT2D eigenvalue weighted by Gasteiger charge is 2.33. The minimum absolute atomic E-state index is 0.0301. The maximum Gasteiger partial charge on any atom is 0.326 e. The minimum atomic E-state index is -1.15. The van der Waals surface area contributed by atoms with Gasteiger partial charge in [0.05, 0.1) is 6.04 Å². The molecule has 2 aromatic rings. The number of hydrogen-bond acceptors (Lipinski definition) is 6. The van der Waals surface area contributed by atoms with Crippen molar-refractivity contribution in [2.24, 2.45) is 34.0 Å². The molecule has 0 saturated carbocycles. The van der Waals surface area contributed by atoms with Crippen molar-refractivity contribution < 1.29 is 24.3 Å². The number of hydrogen-bond donors (Lipinski definition) is 8. The van der Waals surface area contributed by atoms with Gasteiger partial charge in [0.2, 0.25) is 17.7 Å². The van der Waals surface area contributed by atoms with E-state index < -0.39 is 47.9 Å². The van der Waals surface area contributed by atoms with Crippen LogP contribution in [0.1, 0.15) is 58.9 Å². The molecule has 0 radical (unpaired) electrons. The third kappa shape index (κ3) is 10.4. The molecule has 232 valence electrons. The summed E-state index contributed by atoms with van der Waals surface area (Å²) >= 11 is 0. The summed E-state index contributed by atoms with van der Waals surface area (Å²) in [4.78, 5) is 58.9. The van der Waals surface area contributed by atoms with E-state index in [1.54, 1.807) is 13.1 Å². The van der Waals surface area contributed by atoms with Crippen molar-refractivity contribution in [2.45, 2.75) is 84.0 Å². The van der Waals surface area contributed by atoms with Crippen molar-refractivity contribution in [2.75, 3.05) is 6.54 Å². The molecule has 5 unspecified atom stereocenters. The highest BCUT2D eigenvalue weighted by atomic mass is 16.4. The summed E-state index contributed by atoms with van der Waals surface area (Å²) in [5.74, 6) is -3.21. The monoisotopic (exact) mass is 586 g/mol. The highest BCUT2D eigenvalue weighted by molar-refractivity contribution is 5.95. The van der Waals surface area contributed by atoms with E-state index in [0.29, 0.717) is 19.4 Å². The Kier molecular flexibility index (Phi) is 13.3. The number of benzene rings is 1. The van der Waals surface area contributed by atoms with Crippen LogP contribution in [0.25, 0.3) is 10.9 Å². The molecule has 5 atom stereocenters. The van der Waals surface area contributed by atoms with Gasteiger partial charge in [0.25, 0.3) is 0 Å². The van der Waals surface area contributed by atoms with E-state index >= 15 is 0 Å². The van der Waals surface area contributed by atoms with Gasteiger partial charge in [-0.15, -0.1) is 0 Å². The van der Waals surface area contributed by atoms with E-state index in [9.17, 15) is 24.3 Å². The minimum Gasteiger partial charge on any atom is -0.480 e. The van der Waals surface area contributed by atoms with Crippen molar-refractivity contribution in [3.8, 4) is 0 Å². The fourth-order valence-electron chi connectivity index (χ4n) is 4.57. The predicted octanol–water partition coefficient (Wildman–Crippen LogP) is 0.723. The Hall–Kier alpha value is -4.13. The number of carbonyl (C=O) groups excluding carboxylic acids is 3. The molecule has 0 aliphatic rings. The fraction of sp³-hybridized carbons (Fsp3) is 0.552. The molecule has 42 heavy (non-hydrogen) atoms. The number of nitrogens with two attached hydrogens (primary N) is 3. The second kappa shape index (κ2) is 16.3. The van der Waals surface area contributed by atoms with Gasteiger partial charge in [-0.1, -0.05) is 52.3 Å². The number of carboxylic acid groups (broad SMARTS) is 1. The zero-order chi connectivity index (χ0) is 31.4. The lowest BCUT2D eigenvalue weighted by molar-refractivity contribution is -0.143. The number of guanidine groups is 1. The first-order valence-corrected chi connectivity index (χ1v) is 14.3. The number of aliphatic imine (C=N–C) groups is 1. The van der Waals surface area contributed by atoms with Gasteiger partial charge >= 0.3 is 5.97 Å². The van der Waals surface area contributed by atoms with E-state index in [1.165, 1.54) is 0 Å².